The van der Waals surface area contributed by atoms with E-state index in [-0.39, 0.29) is 11.9 Å². The summed E-state index contributed by atoms with van der Waals surface area (Å²) in [6.45, 7) is 4.01. The second kappa shape index (κ2) is 11.0. The topological polar surface area (TPSA) is 81.9 Å². The molecule has 1 amide bonds. The van der Waals surface area contributed by atoms with Gasteiger partial charge in [-0.2, -0.15) is 0 Å². The Hall–Kier alpha value is -2.88. The van der Waals surface area contributed by atoms with Crippen molar-refractivity contribution in [2.45, 2.75) is 37.2 Å². The molecule has 0 spiro atoms. The summed E-state index contributed by atoms with van der Waals surface area (Å²) in [5.41, 5.74) is 2.01. The lowest BCUT2D eigenvalue weighted by molar-refractivity contribution is 0.0935. The summed E-state index contributed by atoms with van der Waals surface area (Å²) >= 11 is 9.42. The summed E-state index contributed by atoms with van der Waals surface area (Å²) in [7, 11) is 1.63. The van der Waals surface area contributed by atoms with Crippen molar-refractivity contribution >= 4 is 40.6 Å². The number of amides is 1. The first-order valence-corrected chi connectivity index (χ1v) is 13.0. The molecule has 0 aliphatic rings. The minimum absolute atomic E-state index is 0.106. The normalized spacial score (nSPS) is 11.9. The number of carbonyl (C=O) groups excluding carboxylic acids is 1. The van der Waals surface area contributed by atoms with Gasteiger partial charge in [-0.3, -0.25) is 9.36 Å². The minimum atomic E-state index is -0.153. The van der Waals surface area contributed by atoms with Gasteiger partial charge in [0.05, 0.1) is 23.6 Å². The fourth-order valence-electron chi connectivity index (χ4n) is 3.22. The highest BCUT2D eigenvalue weighted by Crippen LogP contribution is 2.36. The van der Waals surface area contributed by atoms with Gasteiger partial charge in [0.25, 0.3) is 5.91 Å². The zero-order valence-electron chi connectivity index (χ0n) is 19.0. The van der Waals surface area contributed by atoms with Crippen LogP contribution in [-0.4, -0.2) is 38.8 Å². The number of nitrogens with zero attached hydrogens (tertiary/aromatic N) is 4. The smallest absolute Gasteiger partial charge is 0.270 e. The third-order valence-corrected chi connectivity index (χ3v) is 7.47. The number of halogens is 1. The fourth-order valence-corrected chi connectivity index (χ4v) is 5.18. The second-order valence-corrected chi connectivity index (χ2v) is 9.78. The number of rotatable bonds is 9. The van der Waals surface area contributed by atoms with Gasteiger partial charge in [0.1, 0.15) is 16.5 Å². The molecule has 2 aromatic carbocycles. The van der Waals surface area contributed by atoms with E-state index >= 15 is 0 Å². The largest absolute Gasteiger partial charge is 0.495 e. The molecule has 0 aliphatic carbocycles. The van der Waals surface area contributed by atoms with Crippen LogP contribution < -0.4 is 10.1 Å². The number of nitrogens with one attached hydrogen (secondary N) is 1. The van der Waals surface area contributed by atoms with Gasteiger partial charge in [0.15, 0.2) is 11.0 Å². The number of thioether (sulfide) groups is 1. The number of ether oxygens (including phenoxy) is 1. The molecule has 0 saturated heterocycles. The van der Waals surface area contributed by atoms with Gasteiger partial charge in [0.2, 0.25) is 0 Å². The third kappa shape index (κ3) is 5.27. The lowest BCUT2D eigenvalue weighted by Crippen LogP contribution is -2.32. The maximum absolute atomic E-state index is 12.4. The van der Waals surface area contributed by atoms with E-state index in [2.05, 4.69) is 20.5 Å². The predicted molar refractivity (Wildman–Crippen MR) is 137 cm³/mol. The summed E-state index contributed by atoms with van der Waals surface area (Å²) in [5, 5.41) is 15.7. The quantitative estimate of drug-likeness (QED) is 0.282. The van der Waals surface area contributed by atoms with Gasteiger partial charge < -0.3 is 10.1 Å². The Morgan fingerprint density at radius 3 is 2.74 bits per heavy atom. The minimum Gasteiger partial charge on any atom is -0.495 e. The second-order valence-electron chi connectivity index (χ2n) is 7.49. The van der Waals surface area contributed by atoms with E-state index in [0.717, 1.165) is 22.7 Å². The van der Waals surface area contributed by atoms with Crippen LogP contribution in [0.25, 0.3) is 17.1 Å². The number of hydrogen-bond acceptors (Lipinski definition) is 7. The average molecular weight is 514 g/mol. The molecule has 0 bridgehead atoms. The van der Waals surface area contributed by atoms with Crippen LogP contribution >= 0.6 is 34.7 Å². The predicted octanol–water partition coefficient (Wildman–Crippen LogP) is 5.87. The molecule has 10 heteroatoms. The molecule has 1 unspecified atom stereocenters. The van der Waals surface area contributed by atoms with Crippen LogP contribution in [0.3, 0.4) is 0 Å². The molecule has 176 valence electrons. The lowest BCUT2D eigenvalue weighted by Gasteiger charge is -2.14. The molecule has 4 rings (SSSR count). The maximum atomic E-state index is 12.4. The SMILES string of the molecule is CCC(C)NC(=O)c1csc(CSc2nnc(-c3ccccc3Cl)n2-c2ccccc2OC)n1. The molecule has 1 atom stereocenters. The first-order chi connectivity index (χ1) is 16.5. The Morgan fingerprint density at radius 2 is 1.97 bits per heavy atom. The van der Waals surface area contributed by atoms with Gasteiger partial charge in [0, 0.05) is 17.0 Å². The van der Waals surface area contributed by atoms with Crippen LogP contribution in [-0.2, 0) is 5.75 Å². The fraction of sp³-hybridized carbons (Fsp3) is 0.250. The van der Waals surface area contributed by atoms with Crippen molar-refractivity contribution in [1.82, 2.24) is 25.1 Å². The van der Waals surface area contributed by atoms with Crippen molar-refractivity contribution in [3.05, 3.63) is 69.6 Å². The summed E-state index contributed by atoms with van der Waals surface area (Å²) < 4.78 is 7.54. The van der Waals surface area contributed by atoms with Crippen molar-refractivity contribution in [2.24, 2.45) is 0 Å². The highest BCUT2D eigenvalue weighted by molar-refractivity contribution is 7.98. The highest BCUT2D eigenvalue weighted by Gasteiger charge is 2.21. The van der Waals surface area contributed by atoms with E-state index in [1.54, 1.807) is 12.5 Å². The Morgan fingerprint density at radius 1 is 1.21 bits per heavy atom. The van der Waals surface area contributed by atoms with Crippen LogP contribution in [0.5, 0.6) is 5.75 Å². The molecule has 4 aromatic rings. The van der Waals surface area contributed by atoms with E-state index < -0.39 is 0 Å². The van der Waals surface area contributed by atoms with Crippen LogP contribution in [0.1, 0.15) is 35.8 Å². The molecule has 0 aliphatic heterocycles. The van der Waals surface area contributed by atoms with E-state index in [4.69, 9.17) is 16.3 Å². The van der Waals surface area contributed by atoms with Gasteiger partial charge >= 0.3 is 0 Å². The van der Waals surface area contributed by atoms with Gasteiger partial charge in [-0.1, -0.05) is 54.6 Å². The molecule has 34 heavy (non-hydrogen) atoms. The molecule has 2 aromatic heterocycles. The van der Waals surface area contributed by atoms with Crippen molar-refractivity contribution < 1.29 is 9.53 Å². The number of benzene rings is 2. The Kier molecular flexibility index (Phi) is 7.87. The molecule has 7 nitrogen and oxygen atoms in total. The summed E-state index contributed by atoms with van der Waals surface area (Å²) in [4.78, 5) is 16.9. The average Bonchev–Trinajstić information content (AvgIpc) is 3.50. The van der Waals surface area contributed by atoms with Crippen molar-refractivity contribution in [2.75, 3.05) is 7.11 Å². The Balaban J connectivity index is 1.65. The first-order valence-electron chi connectivity index (χ1n) is 10.7. The molecule has 2 heterocycles. The van der Waals surface area contributed by atoms with E-state index in [0.29, 0.717) is 33.2 Å². The summed E-state index contributed by atoms with van der Waals surface area (Å²) in [6, 6.07) is 15.3. The Bertz CT molecular complexity index is 1290. The number of methoxy groups -OCH3 is 1. The van der Waals surface area contributed by atoms with Crippen molar-refractivity contribution in [3.8, 4) is 22.8 Å². The number of para-hydroxylation sites is 2. The van der Waals surface area contributed by atoms with Crippen molar-refractivity contribution in [1.29, 1.82) is 0 Å². The maximum Gasteiger partial charge on any atom is 0.270 e. The Labute approximate surface area is 211 Å². The van der Waals surface area contributed by atoms with E-state index in [1.807, 2.05) is 66.9 Å². The number of thiazole rings is 1. The summed E-state index contributed by atoms with van der Waals surface area (Å²) in [6.07, 6.45) is 0.866. The van der Waals surface area contributed by atoms with Gasteiger partial charge in [-0.05, 0) is 37.6 Å². The molecular weight excluding hydrogens is 490 g/mol. The highest BCUT2D eigenvalue weighted by atomic mass is 35.5. The van der Waals surface area contributed by atoms with Crippen LogP contribution in [0.2, 0.25) is 5.02 Å². The third-order valence-electron chi connectivity index (χ3n) is 5.17. The molecular formula is C24H24ClN5O2S2. The van der Waals surface area contributed by atoms with E-state index in [1.165, 1.54) is 23.1 Å². The van der Waals surface area contributed by atoms with Crippen LogP contribution in [0.15, 0.2) is 59.1 Å². The number of hydrogen-bond donors (Lipinski definition) is 1. The number of carbonyl (C=O) groups is 1. The monoisotopic (exact) mass is 513 g/mol. The molecule has 0 fully saturated rings. The van der Waals surface area contributed by atoms with Gasteiger partial charge in [-0.25, -0.2) is 4.98 Å². The standard InChI is InChI=1S/C24H24ClN5O2S2/c1-4-15(2)26-23(31)18-13-33-21(27-18)14-34-24-29-28-22(16-9-5-6-10-17(16)25)30(24)19-11-7-8-12-20(19)32-3/h5-13,15H,4,14H2,1-3H3,(H,26,31). The summed E-state index contributed by atoms with van der Waals surface area (Å²) in [5.74, 6) is 1.69. The van der Waals surface area contributed by atoms with Crippen LogP contribution in [0, 0.1) is 0 Å². The molecule has 1 N–H and O–H groups in total. The zero-order valence-corrected chi connectivity index (χ0v) is 21.4. The first kappa shape index (κ1) is 24.3. The number of aromatic nitrogens is 4. The molecule has 0 radical (unpaired) electrons. The zero-order chi connectivity index (χ0) is 24.1. The molecule has 0 saturated carbocycles. The van der Waals surface area contributed by atoms with Crippen molar-refractivity contribution in [3.63, 3.8) is 0 Å². The van der Waals surface area contributed by atoms with Crippen LogP contribution in [0.4, 0.5) is 0 Å². The van der Waals surface area contributed by atoms with Gasteiger partial charge in [-0.15, -0.1) is 21.5 Å². The lowest BCUT2D eigenvalue weighted by atomic mass is 10.2. The van der Waals surface area contributed by atoms with E-state index in [9.17, 15) is 4.79 Å².